The lowest BCUT2D eigenvalue weighted by Gasteiger charge is -2.42. The van der Waals surface area contributed by atoms with Gasteiger partial charge in [-0.2, -0.15) is 5.10 Å². The molecule has 10 nitrogen and oxygen atoms in total. The zero-order chi connectivity index (χ0) is 29.0. The van der Waals surface area contributed by atoms with E-state index in [0.717, 1.165) is 53.5 Å². The van der Waals surface area contributed by atoms with Crippen LogP contribution in [0.3, 0.4) is 0 Å². The number of aromatic amines is 1. The highest BCUT2D eigenvalue weighted by molar-refractivity contribution is 7.09. The van der Waals surface area contributed by atoms with Crippen LogP contribution in [-0.4, -0.2) is 93.8 Å². The molecule has 1 aliphatic heterocycles. The normalized spacial score (nSPS) is 16.1. The molecule has 0 saturated carbocycles. The molecule has 4 heterocycles. The van der Waals surface area contributed by atoms with E-state index in [1.165, 1.54) is 0 Å². The van der Waals surface area contributed by atoms with Crippen LogP contribution in [0, 0.1) is 5.41 Å². The highest BCUT2D eigenvalue weighted by Gasteiger charge is 2.33. The van der Waals surface area contributed by atoms with Gasteiger partial charge in [-0.25, -0.2) is 15.0 Å². The van der Waals surface area contributed by atoms with Crippen molar-refractivity contribution < 1.29 is 9.53 Å². The molecule has 218 valence electrons. The van der Waals surface area contributed by atoms with Crippen LogP contribution in [0.25, 0.3) is 11.0 Å². The Bertz CT molecular complexity index is 1450. The fourth-order valence-electron chi connectivity index (χ4n) is 5.54. The van der Waals surface area contributed by atoms with E-state index in [2.05, 4.69) is 70.2 Å². The van der Waals surface area contributed by atoms with Crippen LogP contribution in [0.5, 0.6) is 5.75 Å². The van der Waals surface area contributed by atoms with E-state index < -0.39 is 0 Å². The van der Waals surface area contributed by atoms with E-state index >= 15 is 0 Å². The van der Waals surface area contributed by atoms with Gasteiger partial charge in [0.15, 0.2) is 5.65 Å². The zero-order valence-corrected chi connectivity index (χ0v) is 25.4. The summed E-state index contributed by atoms with van der Waals surface area (Å²) in [5, 5.41) is 11.3. The molecule has 4 aromatic rings. The largest absolute Gasteiger partial charge is 0.493 e. The number of rotatable bonds is 11. The summed E-state index contributed by atoms with van der Waals surface area (Å²) in [6.45, 7) is 9.90. The number of aryl methyl sites for hydroxylation is 1. The number of piperazine rings is 1. The van der Waals surface area contributed by atoms with Gasteiger partial charge >= 0.3 is 0 Å². The maximum atomic E-state index is 13.7. The first-order valence-electron chi connectivity index (χ1n) is 14.2. The first-order chi connectivity index (χ1) is 19.7. The number of hydrogen-bond donors (Lipinski definition) is 1. The molecule has 1 saturated heterocycles. The molecule has 1 fully saturated rings. The lowest BCUT2D eigenvalue weighted by atomic mass is 9.94. The average Bonchev–Trinajstić information content (AvgIpc) is 3.61. The van der Waals surface area contributed by atoms with Crippen molar-refractivity contribution >= 4 is 34.1 Å². The highest BCUT2D eigenvalue weighted by atomic mass is 32.1. The number of amides is 1. The number of carbonyl (C=O) groups is 1. The van der Waals surface area contributed by atoms with Crippen molar-refractivity contribution in [3.63, 3.8) is 0 Å². The van der Waals surface area contributed by atoms with Crippen molar-refractivity contribution in [3.8, 4) is 5.75 Å². The van der Waals surface area contributed by atoms with Crippen molar-refractivity contribution in [2.45, 2.75) is 46.1 Å². The van der Waals surface area contributed by atoms with E-state index in [9.17, 15) is 4.79 Å². The van der Waals surface area contributed by atoms with E-state index in [4.69, 9.17) is 9.72 Å². The molecule has 3 aromatic heterocycles. The Morgan fingerprint density at radius 2 is 2.00 bits per heavy atom. The molecule has 1 N–H and O–H groups in total. The molecule has 41 heavy (non-hydrogen) atoms. The smallest absolute Gasteiger partial charge is 0.253 e. The first-order valence-corrected chi connectivity index (χ1v) is 15.1. The van der Waals surface area contributed by atoms with Gasteiger partial charge in [-0.15, -0.1) is 11.3 Å². The molecule has 11 heteroatoms. The Labute approximate surface area is 245 Å². The molecule has 5 rings (SSSR count). The van der Waals surface area contributed by atoms with Gasteiger partial charge < -0.3 is 19.4 Å². The first kappa shape index (κ1) is 28.9. The Balaban J connectivity index is 1.31. The van der Waals surface area contributed by atoms with Gasteiger partial charge in [0.05, 0.1) is 34.9 Å². The van der Waals surface area contributed by atoms with Crippen LogP contribution in [-0.2, 0) is 12.8 Å². The molecule has 1 aliphatic rings. The third-order valence-corrected chi connectivity index (χ3v) is 8.21. The monoisotopic (exact) mass is 576 g/mol. The number of benzene rings is 1. The van der Waals surface area contributed by atoms with Crippen LogP contribution in [0.4, 0.5) is 5.82 Å². The third kappa shape index (κ3) is 7.02. The number of nitrogens with one attached hydrogen (secondary N) is 1. The maximum Gasteiger partial charge on any atom is 0.253 e. The number of fused-ring (bicyclic) bond motifs is 1. The topological polar surface area (TPSA) is 103 Å². The predicted molar refractivity (Wildman–Crippen MR) is 163 cm³/mol. The van der Waals surface area contributed by atoms with E-state index in [1.807, 2.05) is 29.2 Å². The number of carbonyl (C=O) groups excluding carboxylic acids is 1. The van der Waals surface area contributed by atoms with Crippen molar-refractivity contribution in [2.75, 3.05) is 51.8 Å². The predicted octanol–water partition coefficient (Wildman–Crippen LogP) is 4.30. The fraction of sp³-hybridized carbons (Fsp3) is 0.500. The van der Waals surface area contributed by atoms with Crippen LogP contribution < -0.4 is 9.64 Å². The van der Waals surface area contributed by atoms with Gasteiger partial charge in [0.1, 0.15) is 17.9 Å². The van der Waals surface area contributed by atoms with E-state index in [1.54, 1.807) is 23.9 Å². The summed E-state index contributed by atoms with van der Waals surface area (Å²) in [4.78, 5) is 33.9. The zero-order valence-electron chi connectivity index (χ0n) is 24.6. The molecular weight excluding hydrogens is 536 g/mol. The lowest BCUT2D eigenvalue weighted by molar-refractivity contribution is 0.0721. The average molecular weight is 577 g/mol. The molecular formula is C30H40N8O2S. The van der Waals surface area contributed by atoms with Crippen molar-refractivity contribution in [1.29, 1.82) is 0 Å². The summed E-state index contributed by atoms with van der Waals surface area (Å²) in [7, 11) is 4.14. The molecule has 1 atom stereocenters. The SMILES string of the molecule is CCCc1nc(CC2CN(C(=O)c3ccc(OCC(C)(C)CN(C)C)cc3)CCN2c2ncnc3[nH]ncc23)cs1. The number of anilines is 1. The summed E-state index contributed by atoms with van der Waals surface area (Å²) in [6, 6.07) is 7.55. The number of H-pyrrole nitrogens is 1. The summed E-state index contributed by atoms with van der Waals surface area (Å²) >= 11 is 1.71. The maximum absolute atomic E-state index is 13.7. The molecule has 0 spiro atoms. The molecule has 0 bridgehead atoms. The summed E-state index contributed by atoms with van der Waals surface area (Å²) in [5.74, 6) is 1.63. The fourth-order valence-corrected chi connectivity index (χ4v) is 6.46. The van der Waals surface area contributed by atoms with Crippen molar-refractivity contribution in [3.05, 3.63) is 58.4 Å². The van der Waals surface area contributed by atoms with Gasteiger partial charge in [0.25, 0.3) is 5.91 Å². The number of aromatic nitrogens is 5. The van der Waals surface area contributed by atoms with Crippen LogP contribution in [0.2, 0.25) is 0 Å². The summed E-state index contributed by atoms with van der Waals surface area (Å²) in [6.07, 6.45) is 6.12. The van der Waals surface area contributed by atoms with E-state index in [0.29, 0.717) is 37.5 Å². The summed E-state index contributed by atoms with van der Waals surface area (Å²) < 4.78 is 6.06. The second-order valence-electron chi connectivity index (χ2n) is 11.8. The Hall–Kier alpha value is -3.57. The number of hydrogen-bond acceptors (Lipinski definition) is 9. The Morgan fingerprint density at radius 3 is 2.76 bits per heavy atom. The van der Waals surface area contributed by atoms with Crippen molar-refractivity contribution in [1.82, 2.24) is 34.9 Å². The number of ether oxygens (including phenoxy) is 1. The molecule has 1 aromatic carbocycles. The summed E-state index contributed by atoms with van der Waals surface area (Å²) in [5.41, 5.74) is 2.44. The quantitative estimate of drug-likeness (QED) is 0.282. The molecule has 1 unspecified atom stereocenters. The molecule has 0 radical (unpaired) electrons. The molecule has 0 aliphatic carbocycles. The third-order valence-electron chi connectivity index (χ3n) is 7.25. The van der Waals surface area contributed by atoms with Crippen molar-refractivity contribution in [2.24, 2.45) is 5.41 Å². The van der Waals surface area contributed by atoms with Gasteiger partial charge in [0, 0.05) is 49.0 Å². The van der Waals surface area contributed by atoms with Gasteiger partial charge in [0.2, 0.25) is 0 Å². The second-order valence-corrected chi connectivity index (χ2v) is 12.8. The van der Waals surface area contributed by atoms with Crippen LogP contribution >= 0.6 is 11.3 Å². The minimum Gasteiger partial charge on any atom is -0.493 e. The van der Waals surface area contributed by atoms with Crippen LogP contribution in [0.15, 0.2) is 42.2 Å². The standard InChI is InChI=1S/C30H40N8O2S/c1-6-7-26-34-22(17-41-26)14-23-16-37(12-13-38(23)28-25-15-33-35-27(25)31-20-32-28)29(39)21-8-10-24(11-9-21)40-19-30(2,3)18-36(4)5/h8-11,15,17,20,23H,6-7,12-14,16,18-19H2,1-5H3,(H,31,32,33,35). The van der Waals surface area contributed by atoms with Gasteiger partial charge in [-0.05, 0) is 51.2 Å². The Kier molecular flexibility index (Phi) is 8.84. The van der Waals surface area contributed by atoms with E-state index in [-0.39, 0.29) is 17.4 Å². The molecule has 1 amide bonds. The van der Waals surface area contributed by atoms with Crippen LogP contribution in [0.1, 0.15) is 48.3 Å². The van der Waals surface area contributed by atoms with Gasteiger partial charge in [-0.1, -0.05) is 20.8 Å². The minimum atomic E-state index is 0.0128. The highest BCUT2D eigenvalue weighted by Crippen LogP contribution is 2.28. The Morgan fingerprint density at radius 1 is 1.20 bits per heavy atom. The lowest BCUT2D eigenvalue weighted by Crippen LogP contribution is -2.56. The minimum absolute atomic E-state index is 0.0128. The number of nitrogens with zero attached hydrogens (tertiary/aromatic N) is 7. The van der Waals surface area contributed by atoms with Gasteiger partial charge in [-0.3, -0.25) is 9.89 Å². The number of thiazole rings is 1. The second kappa shape index (κ2) is 12.5.